The summed E-state index contributed by atoms with van der Waals surface area (Å²) in [7, 11) is -8.59. The maximum absolute atomic E-state index is 11.5. The van der Waals surface area contributed by atoms with Crippen molar-refractivity contribution in [1.29, 1.82) is 0 Å². The number of nitrogens with one attached hydrogen (secondary N) is 3. The first-order chi connectivity index (χ1) is 26.9. The number of para-hydroxylation sites is 4. The first kappa shape index (κ1) is 64.4. The molecule has 0 spiro atoms. The molecule has 6 rings (SSSR count). The van der Waals surface area contributed by atoms with Gasteiger partial charge in [-0.1, -0.05) is 91.7 Å². The van der Waals surface area contributed by atoms with Crippen LogP contribution in [0.5, 0.6) is 0 Å². The zero-order chi connectivity index (χ0) is 43.7. The van der Waals surface area contributed by atoms with Crippen molar-refractivity contribution >= 4 is 90.3 Å². The molecular formula is C41H71ClN4O13S4. The number of carbonyl (C=O) groups is 3. The van der Waals surface area contributed by atoms with Crippen LogP contribution >= 0.6 is 10.7 Å². The topological polar surface area (TPSA) is 268 Å². The van der Waals surface area contributed by atoms with Crippen LogP contribution in [0, 0.1) is 0 Å². The van der Waals surface area contributed by atoms with Crippen molar-refractivity contribution < 1.29 is 63.2 Å². The summed E-state index contributed by atoms with van der Waals surface area (Å²) in [6.07, 6.45) is 2.56. The van der Waals surface area contributed by atoms with Crippen LogP contribution in [0.3, 0.4) is 0 Å². The Balaban J connectivity index is -0.000000107. The number of anilines is 4. The molecule has 4 aromatic carbocycles. The van der Waals surface area contributed by atoms with E-state index in [4.69, 9.17) is 15.2 Å². The van der Waals surface area contributed by atoms with Gasteiger partial charge in [-0.2, -0.15) is 0 Å². The standard InChI is InChI=1S/C10H13NO4S.C9H11NO2.C8H7NO3S.C8H9NO2S.CH3ClO2S.5CH4.4H2/c1-3-15-10(12)8-6-4-5-7-9(8)11-16(2,13)14;1-2-12-9(11)7-5-3-4-6-8(7)10;10-8-5-13(11,12)9-7-4-2-1-3-6(7)8;10-12(11)6-5-7-3-1-2-4-8(7)9-12;1-5(2,3)4;;;;;;;;;/h4-7,11H,3H2,1-2H3;3-6H,2,10H2,1H3;1-4,9H,5H2;1-4,9H,5-6H2;1H3;5*1H4;4*1H/i;;;;;;;;;;4*1+1. The Morgan fingerprint density at radius 1 is 0.698 bits per heavy atom. The Morgan fingerprint density at radius 2 is 1.13 bits per heavy atom. The quantitative estimate of drug-likeness (QED) is 0.0800. The molecule has 63 heavy (non-hydrogen) atoms. The number of carbonyl (C=O) groups excluding carboxylic acids is 3. The Hall–Kier alpha value is -5.22. The number of fused-ring (bicyclic) bond motifs is 2. The lowest BCUT2D eigenvalue weighted by molar-refractivity contribution is 0.0518. The van der Waals surface area contributed by atoms with E-state index < -0.39 is 50.8 Å². The predicted molar refractivity (Wildman–Crippen MR) is 266 cm³/mol. The molecule has 0 radical (unpaired) electrons. The van der Waals surface area contributed by atoms with Crippen LogP contribution in [-0.4, -0.2) is 88.6 Å². The number of sulfonamides is 3. The summed E-state index contributed by atoms with van der Waals surface area (Å²) in [6, 6.07) is 27.2. The van der Waals surface area contributed by atoms with Crippen LogP contribution in [-0.2, 0) is 55.0 Å². The molecule has 17 nitrogen and oxygen atoms in total. The third kappa shape index (κ3) is 24.9. The van der Waals surface area contributed by atoms with E-state index in [1.54, 1.807) is 80.6 Å². The summed E-state index contributed by atoms with van der Waals surface area (Å²) in [4.78, 5) is 33.9. The molecule has 0 saturated carbocycles. The number of ether oxygens (including phenoxy) is 2. The monoisotopic (exact) mass is 994 g/mol. The number of Topliss-reactive ketones (excluding diaryl/α,β-unsaturated/α-hetero) is 1. The summed E-state index contributed by atoms with van der Waals surface area (Å²) < 4.78 is 102. The number of benzene rings is 4. The highest BCUT2D eigenvalue weighted by Crippen LogP contribution is 2.23. The summed E-state index contributed by atoms with van der Waals surface area (Å²) >= 11 is 0. The van der Waals surface area contributed by atoms with Gasteiger partial charge in [0.2, 0.25) is 39.1 Å². The lowest BCUT2D eigenvalue weighted by atomic mass is 10.1. The minimum Gasteiger partial charge on any atom is -0.462 e. The minimum absolute atomic E-state index is 0. The summed E-state index contributed by atoms with van der Waals surface area (Å²) in [5, 5.41) is 0. The summed E-state index contributed by atoms with van der Waals surface area (Å²) in [6.45, 7) is 4.06. The van der Waals surface area contributed by atoms with E-state index in [2.05, 4.69) is 24.8 Å². The van der Waals surface area contributed by atoms with Gasteiger partial charge in [-0.3, -0.25) is 19.0 Å². The number of esters is 2. The van der Waals surface area contributed by atoms with Crippen molar-refractivity contribution in [2.24, 2.45) is 0 Å². The van der Waals surface area contributed by atoms with Crippen LogP contribution in [0.2, 0.25) is 0 Å². The van der Waals surface area contributed by atoms with Crippen molar-refractivity contribution in [2.75, 3.05) is 57.1 Å². The maximum atomic E-state index is 11.5. The van der Waals surface area contributed by atoms with Gasteiger partial charge in [0.15, 0.2) is 5.78 Å². The molecule has 0 atom stereocenters. The van der Waals surface area contributed by atoms with E-state index in [9.17, 15) is 48.1 Å². The highest BCUT2D eigenvalue weighted by molar-refractivity contribution is 8.13. The van der Waals surface area contributed by atoms with Crippen molar-refractivity contribution in [3.05, 3.63) is 119 Å². The average Bonchev–Trinajstić information content (AvgIpc) is 3.11. The number of nitrogen functional groups attached to an aromatic ring is 1. The number of hydrogen-bond donors (Lipinski definition) is 4. The zero-order valence-electron chi connectivity index (χ0n) is 31.7. The summed E-state index contributed by atoms with van der Waals surface area (Å²) in [5.74, 6) is -1.52. The van der Waals surface area contributed by atoms with Crippen LogP contribution in [0.15, 0.2) is 97.1 Å². The molecule has 364 valence electrons. The molecule has 0 aromatic heterocycles. The molecule has 0 aliphatic carbocycles. The highest BCUT2D eigenvalue weighted by Gasteiger charge is 2.26. The largest absolute Gasteiger partial charge is 0.462 e. The molecule has 5 N–H and O–H groups in total. The van der Waals surface area contributed by atoms with Gasteiger partial charge in [-0.25, -0.2) is 43.3 Å². The highest BCUT2D eigenvalue weighted by atomic mass is 35.7. The molecule has 0 amide bonds. The SMILES string of the molecule is C.C.C.C.C.CCOC(=O)c1ccccc1N.CCOC(=O)c1ccccc1NS(C)(=O)=O.CS(=O)(=O)Cl.O=C1CS(=O)(=O)Nc2ccccc21.O=S1(=O)CCc2ccccc2N1.[2HH].[2HH].[2HH].[2HH]. The lowest BCUT2D eigenvalue weighted by Gasteiger charge is -2.17. The Bertz CT molecular complexity index is 2530. The molecule has 0 saturated heterocycles. The fraction of sp³-hybridized carbons (Fsp3) is 0.341. The second-order valence-electron chi connectivity index (χ2n) is 11.8. The first-order valence-electron chi connectivity index (χ1n) is 16.8. The normalized spacial score (nSPS) is 13.1. The van der Waals surface area contributed by atoms with Crippen molar-refractivity contribution in [3.8, 4) is 0 Å². The van der Waals surface area contributed by atoms with Crippen molar-refractivity contribution in [2.45, 2.75) is 57.4 Å². The molecule has 0 unspecified atom stereocenters. The maximum Gasteiger partial charge on any atom is 0.340 e. The van der Waals surface area contributed by atoms with E-state index in [0.29, 0.717) is 35.5 Å². The van der Waals surface area contributed by atoms with Gasteiger partial charge < -0.3 is 15.2 Å². The average molecular weight is 996 g/mol. The Morgan fingerprint density at radius 3 is 1.65 bits per heavy atom. The minimum atomic E-state index is -3.44. The van der Waals surface area contributed by atoms with Gasteiger partial charge in [0.05, 0.1) is 59.7 Å². The molecule has 2 heterocycles. The van der Waals surface area contributed by atoms with Gasteiger partial charge in [-0.15, -0.1) is 0 Å². The van der Waals surface area contributed by atoms with Gasteiger partial charge in [0.25, 0.3) is 0 Å². The first-order valence-corrected chi connectivity index (χ1v) is 24.7. The predicted octanol–water partition coefficient (Wildman–Crippen LogP) is 8.64. The number of ketones is 1. The van der Waals surface area contributed by atoms with Crippen LogP contribution in [0.4, 0.5) is 22.7 Å². The molecule has 2 aliphatic rings. The van der Waals surface area contributed by atoms with E-state index >= 15 is 0 Å². The van der Waals surface area contributed by atoms with Gasteiger partial charge in [0.1, 0.15) is 5.75 Å². The smallest absolute Gasteiger partial charge is 0.340 e. The molecule has 22 heteroatoms. The number of rotatable bonds is 6. The van der Waals surface area contributed by atoms with E-state index in [0.717, 1.165) is 23.8 Å². The molecule has 2 aliphatic heterocycles. The second kappa shape index (κ2) is 29.2. The van der Waals surface area contributed by atoms with E-state index in [-0.39, 0.29) is 78.2 Å². The van der Waals surface area contributed by atoms with Crippen molar-refractivity contribution in [3.63, 3.8) is 0 Å². The third-order valence-corrected chi connectivity index (χ3v) is 9.95. The summed E-state index contributed by atoms with van der Waals surface area (Å²) in [5.41, 5.74) is 9.48. The van der Waals surface area contributed by atoms with E-state index in [1.165, 1.54) is 12.1 Å². The number of halogens is 1. The third-order valence-electron chi connectivity index (χ3n) is 6.91. The number of nitrogens with two attached hydrogens (primary N) is 1. The zero-order valence-corrected chi connectivity index (χ0v) is 35.7. The van der Waals surface area contributed by atoms with Gasteiger partial charge in [0, 0.05) is 27.6 Å². The van der Waals surface area contributed by atoms with Crippen LogP contribution in [0.1, 0.15) is 93.3 Å². The molecule has 0 bridgehead atoms. The fourth-order valence-corrected chi connectivity index (χ4v) is 7.41. The fourth-order valence-electron chi connectivity index (χ4n) is 4.62. The van der Waals surface area contributed by atoms with Crippen molar-refractivity contribution in [1.82, 2.24) is 0 Å². The van der Waals surface area contributed by atoms with Crippen LogP contribution in [0.25, 0.3) is 0 Å². The number of hydrogen-bond acceptors (Lipinski definition) is 14. The van der Waals surface area contributed by atoms with E-state index in [1.807, 2.05) is 18.2 Å². The lowest BCUT2D eigenvalue weighted by Crippen LogP contribution is -2.29. The Labute approximate surface area is 385 Å². The van der Waals surface area contributed by atoms with Gasteiger partial charge in [-0.05, 0) is 68.3 Å². The number of aryl methyl sites for hydroxylation is 1. The molecule has 4 aromatic rings. The van der Waals surface area contributed by atoms with Gasteiger partial charge >= 0.3 is 11.9 Å². The molecular weight excluding hydrogens is 920 g/mol. The Kier molecular flexibility index (Phi) is 29.9. The molecule has 0 fully saturated rings. The second-order valence-corrected chi connectivity index (χ2v) is 20.1. The van der Waals surface area contributed by atoms with Crippen LogP contribution < -0.4 is 19.9 Å².